The number of phosphoric acid groups is 1. The molecule has 0 N–H and O–H groups in total. The van der Waals surface area contributed by atoms with E-state index in [1.165, 1.54) is 154 Å². The van der Waals surface area contributed by atoms with Crippen molar-refractivity contribution < 1.29 is 18.1 Å². The Balaban J connectivity index is 5.59. The molecule has 0 bridgehead atoms. The van der Waals surface area contributed by atoms with Crippen molar-refractivity contribution in [2.75, 3.05) is 0 Å². The Kier molecular flexibility index (Phi) is 41.8. The van der Waals surface area contributed by atoms with Crippen LogP contribution in [0.25, 0.3) is 0 Å². The average molecular weight is 771 g/mol. The minimum Gasteiger partial charge on any atom is -0.284 e. The van der Waals surface area contributed by atoms with E-state index < -0.39 is 7.82 Å². The van der Waals surface area contributed by atoms with Crippen LogP contribution in [0.15, 0.2) is 0 Å². The van der Waals surface area contributed by atoms with Gasteiger partial charge in [-0.1, -0.05) is 253 Å². The molecule has 0 saturated heterocycles. The Bertz CT molecular complexity index is 650. The number of phosphoric ester groups is 1. The van der Waals surface area contributed by atoms with Gasteiger partial charge in [-0.05, 0) is 38.5 Å². The Hall–Kier alpha value is 0.110. The first-order chi connectivity index (χ1) is 26.0. The van der Waals surface area contributed by atoms with Crippen LogP contribution in [0.5, 0.6) is 0 Å². The van der Waals surface area contributed by atoms with E-state index in [4.69, 9.17) is 13.6 Å². The number of hydrogen-bond acceptors (Lipinski definition) is 4. The minimum absolute atomic E-state index is 0.0515. The summed E-state index contributed by atoms with van der Waals surface area (Å²) in [5, 5.41) is 0. The largest absolute Gasteiger partial charge is 0.475 e. The van der Waals surface area contributed by atoms with Gasteiger partial charge in [0.1, 0.15) is 0 Å². The zero-order valence-electron chi connectivity index (χ0n) is 37.4. The highest BCUT2D eigenvalue weighted by Crippen LogP contribution is 2.55. The van der Waals surface area contributed by atoms with Gasteiger partial charge in [-0.15, -0.1) is 0 Å². The number of rotatable bonds is 45. The van der Waals surface area contributed by atoms with Crippen LogP contribution in [0.2, 0.25) is 0 Å². The third-order valence-electron chi connectivity index (χ3n) is 11.4. The molecule has 0 rings (SSSR count). The maximum absolute atomic E-state index is 15.0. The Morgan fingerprint density at radius 3 is 0.642 bits per heavy atom. The van der Waals surface area contributed by atoms with Crippen LogP contribution < -0.4 is 0 Å². The van der Waals surface area contributed by atoms with Crippen molar-refractivity contribution in [1.29, 1.82) is 0 Å². The van der Waals surface area contributed by atoms with Crippen LogP contribution in [0.4, 0.5) is 0 Å². The van der Waals surface area contributed by atoms with Crippen molar-refractivity contribution in [3.63, 3.8) is 0 Å². The number of unbranched alkanes of at least 4 members (excludes halogenated alkanes) is 27. The summed E-state index contributed by atoms with van der Waals surface area (Å²) in [6.07, 6.45) is 47.7. The minimum atomic E-state index is -3.74. The number of hydrogen-bond donors (Lipinski definition) is 0. The van der Waals surface area contributed by atoms with Crippen LogP contribution in [-0.4, -0.2) is 18.3 Å². The van der Waals surface area contributed by atoms with Crippen LogP contribution >= 0.6 is 7.82 Å². The molecule has 0 aromatic carbocycles. The molecule has 0 radical (unpaired) electrons. The first-order valence-corrected chi connectivity index (χ1v) is 26.1. The summed E-state index contributed by atoms with van der Waals surface area (Å²) in [7, 11) is -3.74. The first kappa shape index (κ1) is 53.1. The molecule has 0 spiro atoms. The lowest BCUT2D eigenvalue weighted by Crippen LogP contribution is -2.22. The van der Waals surface area contributed by atoms with E-state index in [-0.39, 0.29) is 18.3 Å². The van der Waals surface area contributed by atoms with Crippen LogP contribution in [-0.2, 0) is 18.1 Å². The molecule has 5 heteroatoms. The van der Waals surface area contributed by atoms with Crippen molar-refractivity contribution in [2.45, 2.75) is 310 Å². The lowest BCUT2D eigenvalue weighted by molar-refractivity contribution is 0.0158. The third kappa shape index (κ3) is 36.2. The molecule has 0 saturated carbocycles. The van der Waals surface area contributed by atoms with E-state index in [1.807, 2.05) is 0 Å². The molecule has 0 fully saturated rings. The van der Waals surface area contributed by atoms with Gasteiger partial charge in [-0.3, -0.25) is 13.6 Å². The lowest BCUT2D eigenvalue weighted by atomic mass is 10.0. The van der Waals surface area contributed by atoms with Crippen molar-refractivity contribution in [1.82, 2.24) is 0 Å². The van der Waals surface area contributed by atoms with E-state index in [1.54, 1.807) is 0 Å². The van der Waals surface area contributed by atoms with E-state index in [9.17, 15) is 0 Å². The zero-order chi connectivity index (χ0) is 38.9. The predicted molar refractivity (Wildman–Crippen MR) is 236 cm³/mol. The van der Waals surface area contributed by atoms with Crippen LogP contribution in [0, 0.1) is 0 Å². The van der Waals surface area contributed by atoms with Gasteiger partial charge in [-0.25, -0.2) is 4.57 Å². The van der Waals surface area contributed by atoms with Crippen molar-refractivity contribution in [3.8, 4) is 0 Å². The van der Waals surface area contributed by atoms with Crippen molar-refractivity contribution >= 4 is 7.82 Å². The topological polar surface area (TPSA) is 44.8 Å². The molecule has 0 aromatic rings. The predicted octanol–water partition coefficient (Wildman–Crippen LogP) is 18.6. The third-order valence-corrected chi connectivity index (χ3v) is 13.0. The van der Waals surface area contributed by atoms with E-state index >= 15 is 4.57 Å². The summed E-state index contributed by atoms with van der Waals surface area (Å²) in [5.74, 6) is 0. The summed E-state index contributed by atoms with van der Waals surface area (Å²) in [4.78, 5) is 0. The molecule has 53 heavy (non-hydrogen) atoms. The Morgan fingerprint density at radius 2 is 0.434 bits per heavy atom. The maximum Gasteiger partial charge on any atom is 0.475 e. The second kappa shape index (κ2) is 41.7. The van der Waals surface area contributed by atoms with Gasteiger partial charge in [0.05, 0.1) is 18.3 Å². The van der Waals surface area contributed by atoms with E-state index in [0.29, 0.717) is 0 Å². The van der Waals surface area contributed by atoms with E-state index in [2.05, 4.69) is 41.5 Å². The molecule has 0 aliphatic carbocycles. The molecule has 0 aliphatic rings. The van der Waals surface area contributed by atoms with Crippen molar-refractivity contribution in [3.05, 3.63) is 0 Å². The highest BCUT2D eigenvalue weighted by atomic mass is 31.2. The van der Waals surface area contributed by atoms with Gasteiger partial charge >= 0.3 is 7.82 Å². The highest BCUT2D eigenvalue weighted by Gasteiger charge is 2.36. The van der Waals surface area contributed by atoms with Crippen LogP contribution in [0.3, 0.4) is 0 Å². The SMILES string of the molecule is CCCCCCCCCCCC(CCCC)OP(=O)(OC(CCCC)CCCCCCCCCCC)OC(CCCC)CCCCCCCCCCC. The monoisotopic (exact) mass is 771 g/mol. The van der Waals surface area contributed by atoms with Gasteiger partial charge in [-0.2, -0.15) is 0 Å². The van der Waals surface area contributed by atoms with E-state index in [0.717, 1.165) is 96.3 Å². The maximum atomic E-state index is 15.0. The zero-order valence-corrected chi connectivity index (χ0v) is 38.3. The van der Waals surface area contributed by atoms with Gasteiger partial charge in [0, 0.05) is 0 Å². The summed E-state index contributed by atoms with van der Waals surface area (Å²) < 4.78 is 35.2. The molecular formula is C48H99O4P. The summed E-state index contributed by atoms with van der Waals surface area (Å²) in [6.45, 7) is 13.6. The molecule has 0 aromatic heterocycles. The Morgan fingerprint density at radius 1 is 0.264 bits per heavy atom. The second-order valence-electron chi connectivity index (χ2n) is 16.9. The molecule has 0 amide bonds. The van der Waals surface area contributed by atoms with Crippen molar-refractivity contribution in [2.24, 2.45) is 0 Å². The van der Waals surface area contributed by atoms with Gasteiger partial charge in [0.15, 0.2) is 0 Å². The standard InChI is InChI=1S/C48H99O4P/c1-7-13-19-22-25-28-31-34-37-43-46(40-16-10-4)50-53(49,51-47(41-17-11-5)44-38-35-32-29-26-23-20-14-8-2)52-48(42-18-12-6)45-39-36-33-30-27-24-21-15-9-3/h46-48H,7-45H2,1-6H3. The second-order valence-corrected chi connectivity index (χ2v) is 18.4. The summed E-state index contributed by atoms with van der Waals surface area (Å²) in [6, 6.07) is 0. The average Bonchev–Trinajstić information content (AvgIpc) is 3.15. The molecule has 320 valence electrons. The fourth-order valence-electron chi connectivity index (χ4n) is 7.71. The molecule has 3 unspecified atom stereocenters. The quantitative estimate of drug-likeness (QED) is 0.0457. The lowest BCUT2D eigenvalue weighted by Gasteiger charge is -2.30. The molecule has 4 nitrogen and oxygen atoms in total. The normalized spacial score (nSPS) is 14.8. The van der Waals surface area contributed by atoms with Gasteiger partial charge in [0.2, 0.25) is 0 Å². The highest BCUT2D eigenvalue weighted by molar-refractivity contribution is 7.48. The smallest absolute Gasteiger partial charge is 0.284 e. The van der Waals surface area contributed by atoms with Gasteiger partial charge < -0.3 is 0 Å². The van der Waals surface area contributed by atoms with Gasteiger partial charge in [0.25, 0.3) is 0 Å². The fraction of sp³-hybridized carbons (Fsp3) is 1.00. The molecule has 3 atom stereocenters. The fourth-order valence-corrected chi connectivity index (χ4v) is 9.59. The summed E-state index contributed by atoms with van der Waals surface area (Å²) >= 11 is 0. The van der Waals surface area contributed by atoms with Crippen LogP contribution in [0.1, 0.15) is 292 Å². The molecule has 0 heterocycles. The molecule has 0 aliphatic heterocycles. The summed E-state index contributed by atoms with van der Waals surface area (Å²) in [5.41, 5.74) is 0. The first-order valence-electron chi connectivity index (χ1n) is 24.6. The molecular weight excluding hydrogens is 671 g/mol. The Labute approximate surface area is 335 Å².